The largest absolute Gasteiger partial charge is 0.481 e. The van der Waals surface area contributed by atoms with Crippen molar-refractivity contribution in [3.05, 3.63) is 35.9 Å². The molecule has 0 saturated heterocycles. The van der Waals surface area contributed by atoms with E-state index in [9.17, 15) is 29.1 Å². The quantitative estimate of drug-likeness (QED) is 0.244. The average molecular weight is 394 g/mol. The third-order valence-electron chi connectivity index (χ3n) is 3.55. The Morgan fingerprint density at radius 2 is 1.54 bits per heavy atom. The Hall–Kier alpha value is -3.47. The number of nitrogens with one attached hydrogen (secondary N) is 3. The zero-order valence-electron chi connectivity index (χ0n) is 14.9. The summed E-state index contributed by atoms with van der Waals surface area (Å²) in [6.07, 6.45) is -0.658. The van der Waals surface area contributed by atoms with Gasteiger partial charge in [0.2, 0.25) is 17.7 Å². The van der Waals surface area contributed by atoms with Crippen LogP contribution in [0.3, 0.4) is 0 Å². The van der Waals surface area contributed by atoms with Gasteiger partial charge < -0.3 is 31.9 Å². The topological polar surface area (TPSA) is 188 Å². The number of benzene rings is 1. The highest BCUT2D eigenvalue weighted by Crippen LogP contribution is 2.03. The number of hydrogen-bond acceptors (Lipinski definition) is 6. The van der Waals surface area contributed by atoms with Crippen LogP contribution in [0.25, 0.3) is 0 Å². The average Bonchev–Trinajstić information content (AvgIpc) is 2.65. The molecule has 0 bridgehead atoms. The Balaban J connectivity index is 2.61. The molecular formula is C17H22N4O7. The van der Waals surface area contributed by atoms with Gasteiger partial charge in [-0.15, -0.1) is 0 Å². The number of nitrogens with two attached hydrogens (primary N) is 1. The van der Waals surface area contributed by atoms with E-state index in [1.165, 1.54) is 0 Å². The summed E-state index contributed by atoms with van der Waals surface area (Å²) in [7, 11) is 0. The number of carboxylic acid groups (broad SMARTS) is 2. The third kappa shape index (κ3) is 8.27. The normalized spacial score (nSPS) is 12.3. The molecule has 0 aliphatic carbocycles. The van der Waals surface area contributed by atoms with Crippen LogP contribution in [0, 0.1) is 0 Å². The van der Waals surface area contributed by atoms with E-state index in [-0.39, 0.29) is 6.42 Å². The van der Waals surface area contributed by atoms with Crippen LogP contribution in [0.4, 0.5) is 0 Å². The molecule has 7 N–H and O–H groups in total. The van der Waals surface area contributed by atoms with Gasteiger partial charge in [-0.2, -0.15) is 0 Å². The Kier molecular flexibility index (Phi) is 9.10. The first kappa shape index (κ1) is 22.6. The van der Waals surface area contributed by atoms with Crippen molar-refractivity contribution in [2.45, 2.75) is 24.9 Å². The Morgan fingerprint density at radius 1 is 0.929 bits per heavy atom. The van der Waals surface area contributed by atoms with Crippen LogP contribution in [0.2, 0.25) is 0 Å². The molecule has 0 spiro atoms. The fraction of sp³-hybridized carbons (Fsp3) is 0.353. The van der Waals surface area contributed by atoms with E-state index in [1.807, 2.05) is 0 Å². The summed E-state index contributed by atoms with van der Waals surface area (Å²) in [6.45, 7) is -1.03. The van der Waals surface area contributed by atoms with E-state index >= 15 is 0 Å². The first-order chi connectivity index (χ1) is 13.2. The molecular weight excluding hydrogens is 372 g/mol. The summed E-state index contributed by atoms with van der Waals surface area (Å²) >= 11 is 0. The summed E-state index contributed by atoms with van der Waals surface area (Å²) in [5.41, 5.74) is 5.81. The molecule has 1 rings (SSSR count). The molecule has 2 atom stereocenters. The van der Waals surface area contributed by atoms with E-state index in [0.29, 0.717) is 5.56 Å². The monoisotopic (exact) mass is 394 g/mol. The molecule has 0 heterocycles. The fourth-order valence-corrected chi connectivity index (χ4v) is 2.22. The van der Waals surface area contributed by atoms with Crippen molar-refractivity contribution in [1.82, 2.24) is 16.0 Å². The van der Waals surface area contributed by atoms with Crippen molar-refractivity contribution in [3.63, 3.8) is 0 Å². The van der Waals surface area contributed by atoms with Crippen LogP contribution >= 0.6 is 0 Å². The van der Waals surface area contributed by atoms with Gasteiger partial charge in [-0.25, -0.2) is 4.79 Å². The molecule has 0 radical (unpaired) electrons. The predicted molar refractivity (Wildman–Crippen MR) is 96.0 cm³/mol. The highest BCUT2D eigenvalue weighted by atomic mass is 16.4. The van der Waals surface area contributed by atoms with E-state index in [2.05, 4.69) is 16.0 Å². The lowest BCUT2D eigenvalue weighted by atomic mass is 10.1. The van der Waals surface area contributed by atoms with Crippen molar-refractivity contribution in [2.24, 2.45) is 5.73 Å². The Morgan fingerprint density at radius 3 is 2.07 bits per heavy atom. The lowest BCUT2D eigenvalue weighted by Crippen LogP contribution is -2.52. The molecule has 2 unspecified atom stereocenters. The van der Waals surface area contributed by atoms with Gasteiger partial charge >= 0.3 is 11.9 Å². The number of carboxylic acids is 2. The van der Waals surface area contributed by atoms with Crippen LogP contribution in [-0.4, -0.2) is 65.0 Å². The number of rotatable bonds is 11. The number of amides is 3. The second-order valence-corrected chi connectivity index (χ2v) is 5.79. The minimum Gasteiger partial charge on any atom is -0.481 e. The highest BCUT2D eigenvalue weighted by molar-refractivity contribution is 5.93. The fourth-order valence-electron chi connectivity index (χ4n) is 2.22. The number of carbonyl (C=O) groups is 5. The smallest absolute Gasteiger partial charge is 0.326 e. The maximum atomic E-state index is 12.0. The first-order valence-corrected chi connectivity index (χ1v) is 8.28. The summed E-state index contributed by atoms with van der Waals surface area (Å²) in [5.74, 6) is -5.01. The van der Waals surface area contributed by atoms with Gasteiger partial charge in [0, 0.05) is 6.42 Å². The second-order valence-electron chi connectivity index (χ2n) is 5.79. The van der Waals surface area contributed by atoms with Crippen LogP contribution in [0.15, 0.2) is 30.3 Å². The van der Waals surface area contributed by atoms with Gasteiger partial charge in [0.1, 0.15) is 12.1 Å². The lowest BCUT2D eigenvalue weighted by Gasteiger charge is -2.18. The summed E-state index contributed by atoms with van der Waals surface area (Å²) in [6, 6.07) is 6.02. The van der Waals surface area contributed by atoms with Gasteiger partial charge in [0.05, 0.1) is 19.5 Å². The summed E-state index contributed by atoms with van der Waals surface area (Å²) in [4.78, 5) is 57.4. The molecule has 28 heavy (non-hydrogen) atoms. The van der Waals surface area contributed by atoms with E-state index < -0.39 is 61.3 Å². The molecule has 0 aliphatic rings. The molecule has 11 heteroatoms. The van der Waals surface area contributed by atoms with Crippen molar-refractivity contribution in [2.75, 3.05) is 13.1 Å². The molecule has 0 fully saturated rings. The van der Waals surface area contributed by atoms with Gasteiger partial charge in [-0.3, -0.25) is 19.2 Å². The maximum Gasteiger partial charge on any atom is 0.326 e. The SMILES string of the molecule is NCC(=O)NC(CC(=O)O)C(=O)NCC(=O)NC(Cc1ccccc1)C(=O)O. The zero-order chi connectivity index (χ0) is 21.1. The van der Waals surface area contributed by atoms with E-state index in [1.54, 1.807) is 30.3 Å². The highest BCUT2D eigenvalue weighted by Gasteiger charge is 2.25. The van der Waals surface area contributed by atoms with Crippen molar-refractivity contribution >= 4 is 29.7 Å². The lowest BCUT2D eigenvalue weighted by molar-refractivity contribution is -0.142. The van der Waals surface area contributed by atoms with E-state index in [4.69, 9.17) is 10.8 Å². The molecule has 1 aromatic carbocycles. The standard InChI is InChI=1S/C17H22N4O7/c18-8-13(22)20-11(7-15(24)25)16(26)19-9-14(23)21-12(17(27)28)6-10-4-2-1-3-5-10/h1-5,11-12H,6-9,18H2,(H,19,26)(H,20,22)(H,21,23)(H,24,25)(H,27,28). The van der Waals surface area contributed by atoms with Crippen LogP contribution in [-0.2, 0) is 30.4 Å². The van der Waals surface area contributed by atoms with Crippen LogP contribution in [0.1, 0.15) is 12.0 Å². The number of aliphatic carboxylic acids is 2. The molecule has 1 aromatic rings. The summed E-state index contributed by atoms with van der Waals surface area (Å²) < 4.78 is 0. The Bertz CT molecular complexity index is 723. The van der Waals surface area contributed by atoms with Crippen molar-refractivity contribution in [3.8, 4) is 0 Å². The van der Waals surface area contributed by atoms with Gasteiger partial charge in [-0.05, 0) is 5.56 Å². The second kappa shape index (κ2) is 11.3. The van der Waals surface area contributed by atoms with Crippen molar-refractivity contribution in [1.29, 1.82) is 0 Å². The zero-order valence-corrected chi connectivity index (χ0v) is 14.9. The third-order valence-corrected chi connectivity index (χ3v) is 3.55. The minimum atomic E-state index is -1.42. The molecule has 0 aliphatic heterocycles. The Labute approximate surface area is 160 Å². The number of hydrogen-bond donors (Lipinski definition) is 6. The van der Waals surface area contributed by atoms with Gasteiger partial charge in [-0.1, -0.05) is 30.3 Å². The summed E-state index contributed by atoms with van der Waals surface area (Å²) in [5, 5.41) is 24.6. The van der Waals surface area contributed by atoms with Crippen LogP contribution < -0.4 is 21.7 Å². The van der Waals surface area contributed by atoms with Crippen LogP contribution in [0.5, 0.6) is 0 Å². The molecule has 0 saturated carbocycles. The predicted octanol–water partition coefficient (Wildman–Crippen LogP) is -2.17. The van der Waals surface area contributed by atoms with Gasteiger partial charge in [0.15, 0.2) is 0 Å². The number of carbonyl (C=O) groups excluding carboxylic acids is 3. The molecule has 0 aromatic heterocycles. The maximum absolute atomic E-state index is 12.0. The molecule has 11 nitrogen and oxygen atoms in total. The first-order valence-electron chi connectivity index (χ1n) is 8.28. The molecule has 3 amide bonds. The van der Waals surface area contributed by atoms with Gasteiger partial charge in [0.25, 0.3) is 0 Å². The molecule has 152 valence electrons. The van der Waals surface area contributed by atoms with Crippen molar-refractivity contribution < 1.29 is 34.2 Å². The van der Waals surface area contributed by atoms with E-state index in [0.717, 1.165) is 0 Å². The minimum absolute atomic E-state index is 0.0457.